The topological polar surface area (TPSA) is 49.2 Å². The van der Waals surface area contributed by atoms with Crippen LogP contribution in [-0.4, -0.2) is 45.9 Å². The summed E-state index contributed by atoms with van der Waals surface area (Å²) in [7, 11) is 3.77. The molecule has 118 valence electrons. The van der Waals surface area contributed by atoms with Crippen molar-refractivity contribution in [2.45, 2.75) is 18.9 Å². The minimum absolute atomic E-state index is 0. The number of nitrogens with one attached hydrogen (secondary N) is 1. The average Bonchev–Trinajstić information content (AvgIpc) is 2.48. The Morgan fingerprint density at radius 3 is 2.33 bits per heavy atom. The molecule has 0 spiro atoms. The average molecular weight is 316 g/mol. The van der Waals surface area contributed by atoms with Gasteiger partial charge in [-0.25, -0.2) is 4.79 Å². The van der Waals surface area contributed by atoms with Crippen LogP contribution in [0.4, 0.5) is 0 Å². The summed E-state index contributed by atoms with van der Waals surface area (Å²) in [5, 5.41) is 0. The molecule has 6 heteroatoms. The standard InChI is InChI=1S/C15H21NO4.ClH/c1-16-9-7-14(8-10-16)20-15(17)11-19-13-5-3-12(18-2)4-6-13;/h3-6,14H,7-11H2,1-2H3;1H. The summed E-state index contributed by atoms with van der Waals surface area (Å²) >= 11 is 0. The fourth-order valence-electron chi connectivity index (χ4n) is 2.24. The summed E-state index contributed by atoms with van der Waals surface area (Å²) in [4.78, 5) is 13.2. The van der Waals surface area contributed by atoms with E-state index in [4.69, 9.17) is 14.2 Å². The second-order valence-corrected chi connectivity index (χ2v) is 5.11. The van der Waals surface area contributed by atoms with E-state index < -0.39 is 0 Å². The summed E-state index contributed by atoms with van der Waals surface area (Å²) < 4.78 is 15.9. The fourth-order valence-corrected chi connectivity index (χ4v) is 2.24. The summed E-state index contributed by atoms with van der Waals surface area (Å²) in [6.45, 7) is 2.06. The molecule has 0 bridgehead atoms. The summed E-state index contributed by atoms with van der Waals surface area (Å²) in [6.07, 6.45) is 1.91. The van der Waals surface area contributed by atoms with E-state index in [9.17, 15) is 4.79 Å². The zero-order chi connectivity index (χ0) is 14.4. The third-order valence-electron chi connectivity index (χ3n) is 3.50. The lowest BCUT2D eigenvalue weighted by Crippen LogP contribution is -3.10. The molecule has 1 aromatic rings. The number of benzene rings is 1. The van der Waals surface area contributed by atoms with Crippen molar-refractivity contribution >= 4 is 5.97 Å². The normalized spacial score (nSPS) is 21.0. The first-order chi connectivity index (χ1) is 9.67. The molecule has 0 aromatic heterocycles. The maximum Gasteiger partial charge on any atom is 0.344 e. The van der Waals surface area contributed by atoms with Gasteiger partial charge in [-0.3, -0.25) is 0 Å². The maximum atomic E-state index is 11.7. The molecule has 1 aliphatic rings. The fraction of sp³-hybridized carbons (Fsp3) is 0.533. The molecule has 5 nitrogen and oxygen atoms in total. The number of esters is 1. The molecule has 1 fully saturated rings. The molecule has 1 N–H and O–H groups in total. The number of piperidine rings is 1. The van der Waals surface area contributed by atoms with Crippen molar-refractivity contribution in [2.24, 2.45) is 0 Å². The Bertz CT molecular complexity index is 430. The van der Waals surface area contributed by atoms with Crippen molar-refractivity contribution in [3.63, 3.8) is 0 Å². The lowest BCUT2D eigenvalue weighted by molar-refractivity contribution is -0.885. The van der Waals surface area contributed by atoms with E-state index >= 15 is 0 Å². The highest BCUT2D eigenvalue weighted by Gasteiger charge is 2.22. The third kappa shape index (κ3) is 5.81. The number of likely N-dealkylation sites (tertiary alicyclic amines) is 1. The summed E-state index contributed by atoms with van der Waals surface area (Å²) in [5.74, 6) is 1.09. The van der Waals surface area contributed by atoms with E-state index in [1.165, 1.54) is 4.90 Å². The first-order valence-corrected chi connectivity index (χ1v) is 6.95. The van der Waals surface area contributed by atoms with E-state index in [2.05, 4.69) is 7.05 Å². The lowest BCUT2D eigenvalue weighted by atomic mass is 10.1. The van der Waals surface area contributed by atoms with Crippen LogP contribution in [0.2, 0.25) is 0 Å². The molecule has 1 aliphatic heterocycles. The molecule has 1 saturated heterocycles. The maximum absolute atomic E-state index is 11.7. The minimum atomic E-state index is -0.301. The number of ether oxygens (including phenoxy) is 3. The van der Waals surface area contributed by atoms with Crippen LogP contribution < -0.4 is 26.8 Å². The number of carbonyl (C=O) groups excluding carboxylic acids is 1. The Kier molecular flexibility index (Phi) is 7.32. The van der Waals surface area contributed by atoms with Crippen LogP contribution in [0.3, 0.4) is 0 Å². The highest BCUT2D eigenvalue weighted by Crippen LogP contribution is 2.17. The van der Waals surface area contributed by atoms with Crippen LogP contribution in [0.25, 0.3) is 0 Å². The molecule has 2 rings (SSSR count). The number of carbonyl (C=O) groups is 1. The Labute approximate surface area is 131 Å². The molecule has 0 saturated carbocycles. The van der Waals surface area contributed by atoms with Gasteiger partial charge in [0.1, 0.15) is 17.6 Å². The molecule has 1 aromatic carbocycles. The lowest BCUT2D eigenvalue weighted by Gasteiger charge is -2.26. The van der Waals surface area contributed by atoms with Crippen LogP contribution in [0.5, 0.6) is 11.5 Å². The van der Waals surface area contributed by atoms with E-state index in [0.717, 1.165) is 31.7 Å². The van der Waals surface area contributed by atoms with Gasteiger partial charge in [-0.2, -0.15) is 0 Å². The van der Waals surface area contributed by atoms with E-state index in [1.807, 2.05) is 0 Å². The summed E-state index contributed by atoms with van der Waals surface area (Å²) in [6, 6.07) is 7.12. The number of methoxy groups -OCH3 is 1. The molecule has 0 radical (unpaired) electrons. The molecule has 0 aliphatic carbocycles. The van der Waals surface area contributed by atoms with Crippen LogP contribution >= 0.6 is 0 Å². The molecule has 0 amide bonds. The Morgan fingerprint density at radius 2 is 1.76 bits per heavy atom. The van der Waals surface area contributed by atoms with Gasteiger partial charge in [0.2, 0.25) is 0 Å². The molecule has 0 unspecified atom stereocenters. The predicted octanol–water partition coefficient (Wildman–Crippen LogP) is -2.70. The Morgan fingerprint density at radius 1 is 1.19 bits per heavy atom. The number of rotatable bonds is 5. The molecule has 1 heterocycles. The Balaban J connectivity index is 0.00000220. The second-order valence-electron chi connectivity index (χ2n) is 5.11. The number of halogens is 1. The quantitative estimate of drug-likeness (QED) is 0.601. The monoisotopic (exact) mass is 315 g/mol. The van der Waals surface area contributed by atoms with Gasteiger partial charge in [0, 0.05) is 12.8 Å². The van der Waals surface area contributed by atoms with E-state index in [0.29, 0.717) is 5.75 Å². The Hall–Kier alpha value is -1.46. The van der Waals surface area contributed by atoms with Gasteiger partial charge in [-0.1, -0.05) is 0 Å². The molecule has 0 atom stereocenters. The summed E-state index contributed by atoms with van der Waals surface area (Å²) in [5.41, 5.74) is 0. The zero-order valence-electron chi connectivity index (χ0n) is 12.4. The van der Waals surface area contributed by atoms with E-state index in [-0.39, 0.29) is 31.1 Å². The van der Waals surface area contributed by atoms with Crippen LogP contribution in [-0.2, 0) is 9.53 Å². The predicted molar refractivity (Wildman–Crippen MR) is 74.2 cm³/mol. The number of hydrogen-bond acceptors (Lipinski definition) is 4. The van der Waals surface area contributed by atoms with Crippen LogP contribution in [0, 0.1) is 0 Å². The van der Waals surface area contributed by atoms with Gasteiger partial charge in [0.05, 0.1) is 27.2 Å². The number of hydrogen-bond donors (Lipinski definition) is 1. The van der Waals surface area contributed by atoms with Gasteiger partial charge in [-0.05, 0) is 24.3 Å². The first kappa shape index (κ1) is 17.6. The van der Waals surface area contributed by atoms with Crippen molar-refractivity contribution in [2.75, 3.05) is 33.9 Å². The largest absolute Gasteiger partial charge is 1.00 e. The smallest absolute Gasteiger partial charge is 0.344 e. The molecular weight excluding hydrogens is 294 g/mol. The van der Waals surface area contributed by atoms with Gasteiger partial charge < -0.3 is 31.5 Å². The van der Waals surface area contributed by atoms with Crippen LogP contribution in [0.15, 0.2) is 24.3 Å². The number of quaternary nitrogens is 1. The van der Waals surface area contributed by atoms with Gasteiger partial charge in [0.15, 0.2) is 6.61 Å². The third-order valence-corrected chi connectivity index (χ3v) is 3.50. The van der Waals surface area contributed by atoms with Gasteiger partial charge in [0.25, 0.3) is 0 Å². The SMILES string of the molecule is COc1ccc(OCC(=O)OC2CC[NH+](C)CC2)cc1.[Cl-]. The van der Waals surface area contributed by atoms with Gasteiger partial charge >= 0.3 is 5.97 Å². The highest BCUT2D eigenvalue weighted by molar-refractivity contribution is 5.71. The highest BCUT2D eigenvalue weighted by atomic mass is 35.5. The van der Waals surface area contributed by atoms with Crippen LogP contribution in [0.1, 0.15) is 12.8 Å². The van der Waals surface area contributed by atoms with Crippen molar-refractivity contribution < 1.29 is 36.3 Å². The molecule has 21 heavy (non-hydrogen) atoms. The van der Waals surface area contributed by atoms with Crippen molar-refractivity contribution in [1.82, 2.24) is 0 Å². The second kappa shape index (κ2) is 8.74. The first-order valence-electron chi connectivity index (χ1n) is 6.95. The minimum Gasteiger partial charge on any atom is -1.00 e. The van der Waals surface area contributed by atoms with Gasteiger partial charge in [-0.15, -0.1) is 0 Å². The zero-order valence-corrected chi connectivity index (χ0v) is 13.2. The van der Waals surface area contributed by atoms with Crippen molar-refractivity contribution in [3.8, 4) is 11.5 Å². The van der Waals surface area contributed by atoms with Crippen molar-refractivity contribution in [3.05, 3.63) is 24.3 Å². The molecular formula is C15H22ClNO4. The van der Waals surface area contributed by atoms with Crippen molar-refractivity contribution in [1.29, 1.82) is 0 Å². The van der Waals surface area contributed by atoms with E-state index in [1.54, 1.807) is 31.4 Å².